The summed E-state index contributed by atoms with van der Waals surface area (Å²) in [5.74, 6) is -0.892. The third-order valence-electron chi connectivity index (χ3n) is 9.41. The molecule has 2 heterocycles. The third-order valence-corrected chi connectivity index (χ3v) is 9.41. The summed E-state index contributed by atoms with van der Waals surface area (Å²) in [6.45, 7) is 2.14. The van der Waals surface area contributed by atoms with Gasteiger partial charge >= 0.3 is 0 Å². The van der Waals surface area contributed by atoms with Gasteiger partial charge in [-0.1, -0.05) is 79.4 Å². The first-order valence-electron chi connectivity index (χ1n) is 14.1. The lowest BCUT2D eigenvalue weighted by Crippen LogP contribution is -2.42. The van der Waals surface area contributed by atoms with Crippen LogP contribution in [0, 0.1) is 6.92 Å². The smallest absolute Gasteiger partial charge is 0.209 e. The summed E-state index contributed by atoms with van der Waals surface area (Å²) in [6.07, 6.45) is 7.62. The molecule has 0 unspecified atom stereocenters. The summed E-state index contributed by atoms with van der Waals surface area (Å²) < 4.78 is 4.35. The van der Waals surface area contributed by atoms with E-state index in [4.69, 9.17) is 0 Å². The standard InChI is InChI=1S/C35H33N2O2/c1-22-16-17-28-26(20-22)35(18-10-5-11-19-35)29(36(28)2)21-25-33(38)31(34(25)39)30-24-14-8-9-15-27(24)37(3)32(30)23-12-6-4-7-13-23/h4,6-9,12-17,20-21,31H,5,10-11,18-19H2,1-3H3/q+1. The van der Waals surface area contributed by atoms with Crippen LogP contribution >= 0.6 is 0 Å². The van der Waals surface area contributed by atoms with E-state index in [9.17, 15) is 9.59 Å². The van der Waals surface area contributed by atoms with Gasteiger partial charge in [0.25, 0.3) is 0 Å². The number of aryl methyl sites for hydroxylation is 2. The maximum Gasteiger partial charge on any atom is 0.209 e. The van der Waals surface area contributed by atoms with Gasteiger partial charge in [-0.2, -0.15) is 4.58 Å². The molecule has 2 fully saturated rings. The number of hydrogen-bond acceptors (Lipinski definition) is 2. The molecular formula is C35H33N2O2+. The zero-order valence-electron chi connectivity index (χ0n) is 22.8. The second kappa shape index (κ2) is 8.74. The maximum absolute atomic E-state index is 14.0. The van der Waals surface area contributed by atoms with Gasteiger partial charge in [0.05, 0.1) is 16.7 Å². The lowest BCUT2D eigenvalue weighted by atomic mass is 9.65. The molecule has 2 aliphatic carbocycles. The van der Waals surface area contributed by atoms with E-state index in [0.717, 1.165) is 59.1 Å². The van der Waals surface area contributed by atoms with Gasteiger partial charge in [0, 0.05) is 41.2 Å². The number of fused-ring (bicyclic) bond motifs is 3. The van der Waals surface area contributed by atoms with E-state index >= 15 is 0 Å². The molecule has 0 atom stereocenters. The van der Waals surface area contributed by atoms with Crippen LogP contribution in [0.1, 0.15) is 54.7 Å². The molecular weight excluding hydrogens is 480 g/mol. The normalized spacial score (nSPS) is 20.1. The summed E-state index contributed by atoms with van der Waals surface area (Å²) in [4.78, 5) is 27.9. The molecule has 1 aromatic heterocycles. The molecule has 1 spiro atoms. The highest BCUT2D eigenvalue weighted by atomic mass is 16.2. The van der Waals surface area contributed by atoms with Crippen LogP contribution in [0.15, 0.2) is 84.4 Å². The molecule has 7 rings (SSSR count). The molecule has 0 amide bonds. The van der Waals surface area contributed by atoms with Gasteiger partial charge in [0.2, 0.25) is 5.69 Å². The average Bonchev–Trinajstić information content (AvgIpc) is 3.36. The highest BCUT2D eigenvalue weighted by molar-refractivity contribution is 6.44. The number of benzene rings is 3. The zero-order chi connectivity index (χ0) is 26.9. The Morgan fingerprint density at radius 3 is 2.33 bits per heavy atom. The average molecular weight is 514 g/mol. The van der Waals surface area contributed by atoms with E-state index in [-0.39, 0.29) is 17.0 Å². The van der Waals surface area contributed by atoms with Crippen molar-refractivity contribution in [3.63, 3.8) is 0 Å². The van der Waals surface area contributed by atoms with Gasteiger partial charge in [-0.15, -0.1) is 0 Å². The molecule has 1 aliphatic heterocycles. The number of ketones is 2. The van der Waals surface area contributed by atoms with Gasteiger partial charge < -0.3 is 4.57 Å². The van der Waals surface area contributed by atoms with E-state index in [1.165, 1.54) is 23.2 Å². The van der Waals surface area contributed by atoms with Gasteiger partial charge in [0.15, 0.2) is 17.3 Å². The van der Waals surface area contributed by atoms with Crippen molar-refractivity contribution >= 4 is 33.9 Å². The Hall–Kier alpha value is -4.05. The van der Waals surface area contributed by atoms with E-state index in [1.54, 1.807) is 0 Å². The first kappa shape index (κ1) is 24.0. The number of Topliss-reactive ketones (excluding diaryl/α,β-unsaturated/α-hetero) is 2. The molecule has 39 heavy (non-hydrogen) atoms. The fourth-order valence-corrected chi connectivity index (χ4v) is 7.51. The maximum atomic E-state index is 14.0. The van der Waals surface area contributed by atoms with Crippen molar-refractivity contribution in [2.75, 3.05) is 7.05 Å². The highest BCUT2D eigenvalue weighted by Crippen LogP contribution is 2.50. The number of para-hydroxylation sites is 1. The lowest BCUT2D eigenvalue weighted by Gasteiger charge is -2.33. The van der Waals surface area contributed by atoms with Crippen LogP contribution in [-0.4, -0.2) is 33.5 Å². The number of aromatic nitrogens is 1. The van der Waals surface area contributed by atoms with Crippen molar-refractivity contribution < 1.29 is 14.2 Å². The number of nitrogens with zero attached hydrogens (tertiary/aromatic N) is 2. The lowest BCUT2D eigenvalue weighted by molar-refractivity contribution is -0.401. The molecule has 0 radical (unpaired) electrons. The molecule has 194 valence electrons. The van der Waals surface area contributed by atoms with Crippen molar-refractivity contribution in [3.8, 4) is 11.3 Å². The minimum absolute atomic E-state index is 0.0625. The van der Waals surface area contributed by atoms with Crippen molar-refractivity contribution in [2.45, 2.75) is 50.4 Å². The molecule has 4 aromatic rings. The first-order chi connectivity index (χ1) is 18.9. The molecule has 3 aliphatic rings. The molecule has 4 heteroatoms. The SMILES string of the molecule is Cc1ccc2c(c1)C1(CCCCC1)C(C=C1C(=O)C(c3c(-c4ccccc4)n(C)c4ccccc34)C1=O)=[N+]2C. The second-order valence-electron chi connectivity index (χ2n) is 11.5. The van der Waals surface area contributed by atoms with Gasteiger partial charge in [-0.3, -0.25) is 9.59 Å². The van der Waals surface area contributed by atoms with Crippen LogP contribution in [0.5, 0.6) is 0 Å². The molecule has 0 bridgehead atoms. The predicted octanol–water partition coefficient (Wildman–Crippen LogP) is 6.95. The Kier molecular flexibility index (Phi) is 5.38. The number of carbonyl (C=O) groups excluding carboxylic acids is 2. The van der Waals surface area contributed by atoms with Crippen molar-refractivity contribution in [2.24, 2.45) is 7.05 Å². The third kappa shape index (κ3) is 3.33. The number of hydrogen-bond donors (Lipinski definition) is 0. The second-order valence-corrected chi connectivity index (χ2v) is 11.5. The summed E-state index contributed by atoms with van der Waals surface area (Å²) >= 11 is 0. The highest BCUT2D eigenvalue weighted by Gasteiger charge is 2.54. The fraction of sp³-hybridized carbons (Fsp3) is 0.286. The van der Waals surface area contributed by atoms with Crippen molar-refractivity contribution in [1.29, 1.82) is 0 Å². The molecule has 4 nitrogen and oxygen atoms in total. The molecule has 0 saturated heterocycles. The summed E-state index contributed by atoms with van der Waals surface area (Å²) in [6, 6.07) is 24.9. The number of carbonyl (C=O) groups is 2. The fourth-order valence-electron chi connectivity index (χ4n) is 7.51. The monoisotopic (exact) mass is 513 g/mol. The van der Waals surface area contributed by atoms with Crippen LogP contribution in [0.4, 0.5) is 5.69 Å². The Labute approximate surface area is 229 Å². The minimum Gasteiger partial charge on any atom is -0.343 e. The van der Waals surface area contributed by atoms with E-state index in [1.807, 2.05) is 49.5 Å². The Morgan fingerprint density at radius 2 is 1.59 bits per heavy atom. The largest absolute Gasteiger partial charge is 0.343 e. The van der Waals surface area contributed by atoms with Crippen molar-refractivity contribution in [1.82, 2.24) is 4.57 Å². The van der Waals surface area contributed by atoms with E-state index < -0.39 is 5.92 Å². The van der Waals surface area contributed by atoms with Crippen molar-refractivity contribution in [3.05, 3.63) is 101 Å². The molecule has 0 N–H and O–H groups in total. The number of rotatable bonds is 3. The van der Waals surface area contributed by atoms with Gasteiger partial charge in [-0.05, 0) is 37.5 Å². The minimum atomic E-state index is -0.767. The van der Waals surface area contributed by atoms with E-state index in [0.29, 0.717) is 5.57 Å². The summed E-state index contributed by atoms with van der Waals surface area (Å²) in [5.41, 5.74) is 8.97. The van der Waals surface area contributed by atoms with Crippen LogP contribution in [-0.2, 0) is 22.1 Å². The van der Waals surface area contributed by atoms with Gasteiger partial charge in [0.1, 0.15) is 13.0 Å². The summed E-state index contributed by atoms with van der Waals surface area (Å²) in [7, 11) is 4.11. The zero-order valence-corrected chi connectivity index (χ0v) is 22.8. The summed E-state index contributed by atoms with van der Waals surface area (Å²) in [5, 5.41) is 0.974. The van der Waals surface area contributed by atoms with Gasteiger partial charge in [-0.25, -0.2) is 0 Å². The van der Waals surface area contributed by atoms with Crippen LogP contribution < -0.4 is 0 Å². The Balaban J connectivity index is 1.35. The Morgan fingerprint density at radius 1 is 0.897 bits per heavy atom. The molecule has 2 saturated carbocycles. The molecule has 3 aromatic carbocycles. The van der Waals surface area contributed by atoms with Crippen LogP contribution in [0.25, 0.3) is 22.2 Å². The van der Waals surface area contributed by atoms with Crippen LogP contribution in [0.2, 0.25) is 0 Å². The number of allylic oxidation sites excluding steroid dienone is 2. The Bertz CT molecular complexity index is 1730. The first-order valence-corrected chi connectivity index (χ1v) is 14.1. The topological polar surface area (TPSA) is 42.1 Å². The quantitative estimate of drug-likeness (QED) is 0.129. The van der Waals surface area contributed by atoms with Crippen LogP contribution in [0.3, 0.4) is 0 Å². The van der Waals surface area contributed by atoms with E-state index in [2.05, 4.69) is 59.5 Å². The predicted molar refractivity (Wildman–Crippen MR) is 156 cm³/mol.